The number of ether oxygens (including phenoxy) is 3. The highest BCUT2D eigenvalue weighted by Crippen LogP contribution is 2.48. The van der Waals surface area contributed by atoms with Gasteiger partial charge in [-0.05, 0) is 49.9 Å². The number of rotatable bonds is 3. The summed E-state index contributed by atoms with van der Waals surface area (Å²) in [4.78, 5) is 10.3. The summed E-state index contributed by atoms with van der Waals surface area (Å²) < 4.78 is 29.9. The second kappa shape index (κ2) is 13.6. The van der Waals surface area contributed by atoms with Crippen LogP contribution in [0, 0.1) is 31.5 Å². The third-order valence-corrected chi connectivity index (χ3v) is 6.23. The van der Waals surface area contributed by atoms with Gasteiger partial charge in [-0.15, -0.1) is 0 Å². The van der Waals surface area contributed by atoms with Gasteiger partial charge in [-0.25, -0.2) is 15.0 Å². The molecule has 0 radical (unpaired) electrons. The van der Waals surface area contributed by atoms with Crippen molar-refractivity contribution in [1.82, 2.24) is 5.43 Å². The molecule has 194 valence electrons. The normalized spacial score (nSPS) is 20.1. The average molecular weight is 511 g/mol. The number of hydrogen-bond donors (Lipinski definition) is 3. The molecule has 2 aliphatic heterocycles. The topological polar surface area (TPSA) is 103 Å². The van der Waals surface area contributed by atoms with E-state index in [2.05, 4.69) is 4.74 Å². The van der Waals surface area contributed by atoms with E-state index >= 15 is 0 Å². The zero-order chi connectivity index (χ0) is 26.0. The monoisotopic (exact) mass is 510 g/mol. The molecule has 2 aliphatic rings. The predicted molar refractivity (Wildman–Crippen MR) is 134 cm³/mol. The molecule has 2 aromatic carbocycles. The van der Waals surface area contributed by atoms with Crippen molar-refractivity contribution in [1.29, 1.82) is 0 Å². The zero-order valence-corrected chi connectivity index (χ0v) is 21.5. The molecule has 0 aliphatic carbocycles. The number of aliphatic hydroxyl groups excluding tert-OH is 1. The van der Waals surface area contributed by atoms with Crippen LogP contribution in [0.25, 0.3) is 0 Å². The molecule has 0 bridgehead atoms. The Morgan fingerprint density at radius 2 is 1.94 bits per heavy atom. The lowest BCUT2D eigenvalue weighted by molar-refractivity contribution is -0.0545. The first-order valence-corrected chi connectivity index (χ1v) is 12.0. The molecule has 2 unspecified atom stereocenters. The van der Waals surface area contributed by atoms with Crippen molar-refractivity contribution in [3.63, 3.8) is 0 Å². The number of hydrogen-bond acceptors (Lipinski definition) is 6. The maximum absolute atomic E-state index is 14.2. The van der Waals surface area contributed by atoms with Gasteiger partial charge in [0.2, 0.25) is 0 Å². The van der Waals surface area contributed by atoms with Gasteiger partial charge in [0.15, 0.2) is 0 Å². The van der Waals surface area contributed by atoms with Crippen LogP contribution >= 0.6 is 11.6 Å². The number of carbonyl (C=O) groups is 1. The summed E-state index contributed by atoms with van der Waals surface area (Å²) in [5.74, 6) is 5.44. The molecule has 0 aromatic heterocycles. The Kier molecular flexibility index (Phi) is 11.2. The van der Waals surface area contributed by atoms with Gasteiger partial charge in [0, 0.05) is 28.5 Å². The van der Waals surface area contributed by atoms with E-state index in [-0.39, 0.29) is 18.3 Å². The number of aliphatic hydroxyl groups is 1. The van der Waals surface area contributed by atoms with Crippen molar-refractivity contribution in [2.75, 3.05) is 33.0 Å². The SMILES string of the molecule is CC(C)COC(=O)NN.Cc1ccc(Cl)cc1.Cc1ccc(F)c2c1OCC1COCCC21CO. The van der Waals surface area contributed by atoms with E-state index < -0.39 is 11.5 Å². The van der Waals surface area contributed by atoms with Crippen LogP contribution in [0.2, 0.25) is 5.02 Å². The average Bonchev–Trinajstić information content (AvgIpc) is 2.86. The van der Waals surface area contributed by atoms with Gasteiger partial charge >= 0.3 is 6.09 Å². The van der Waals surface area contributed by atoms with Crippen molar-refractivity contribution in [3.8, 4) is 5.75 Å². The van der Waals surface area contributed by atoms with Gasteiger partial charge in [-0.3, -0.25) is 5.43 Å². The highest BCUT2D eigenvalue weighted by molar-refractivity contribution is 6.30. The minimum Gasteiger partial charge on any atom is -0.492 e. The fraction of sp³-hybridized carbons (Fsp3) is 0.500. The van der Waals surface area contributed by atoms with Crippen molar-refractivity contribution in [3.05, 3.63) is 63.9 Å². The maximum Gasteiger partial charge on any atom is 0.421 e. The van der Waals surface area contributed by atoms with Gasteiger partial charge in [-0.2, -0.15) is 0 Å². The Labute approximate surface area is 211 Å². The van der Waals surface area contributed by atoms with Gasteiger partial charge in [0.25, 0.3) is 0 Å². The maximum atomic E-state index is 14.2. The minimum absolute atomic E-state index is 0.0278. The smallest absolute Gasteiger partial charge is 0.421 e. The number of halogens is 2. The molecule has 2 aromatic rings. The number of hydrazine groups is 1. The van der Waals surface area contributed by atoms with Gasteiger partial charge in [0.05, 0.1) is 26.4 Å². The molecule has 7 nitrogen and oxygen atoms in total. The van der Waals surface area contributed by atoms with Crippen molar-refractivity contribution in [2.45, 2.75) is 39.5 Å². The first kappa shape index (κ1) is 28.8. The highest BCUT2D eigenvalue weighted by Gasteiger charge is 2.49. The van der Waals surface area contributed by atoms with Crippen molar-refractivity contribution >= 4 is 17.7 Å². The molecule has 2 heterocycles. The predicted octanol–water partition coefficient (Wildman–Crippen LogP) is 4.68. The Hall–Kier alpha value is -2.39. The molecular weight excluding hydrogens is 475 g/mol. The van der Waals surface area contributed by atoms with Crippen LogP contribution in [0.15, 0.2) is 36.4 Å². The first-order chi connectivity index (χ1) is 16.6. The Morgan fingerprint density at radius 3 is 2.51 bits per heavy atom. The molecule has 1 amide bonds. The second-order valence-corrected chi connectivity index (χ2v) is 9.58. The fourth-order valence-corrected chi connectivity index (χ4v) is 4.11. The molecule has 2 atom stereocenters. The van der Waals surface area contributed by atoms with E-state index in [1.807, 2.05) is 57.4 Å². The van der Waals surface area contributed by atoms with Gasteiger partial charge in [0.1, 0.15) is 11.6 Å². The molecule has 35 heavy (non-hydrogen) atoms. The van der Waals surface area contributed by atoms with Crippen LogP contribution in [0.4, 0.5) is 9.18 Å². The number of carbonyl (C=O) groups excluding carboxylic acids is 1. The number of fused-ring (bicyclic) bond motifs is 3. The van der Waals surface area contributed by atoms with Gasteiger partial charge in [-0.1, -0.05) is 49.2 Å². The molecule has 0 spiro atoms. The van der Waals surface area contributed by atoms with Crippen LogP contribution in [-0.2, 0) is 14.9 Å². The van der Waals surface area contributed by atoms with E-state index in [0.717, 1.165) is 10.6 Å². The van der Waals surface area contributed by atoms with E-state index in [1.54, 1.807) is 6.07 Å². The number of amides is 1. The summed E-state index contributed by atoms with van der Waals surface area (Å²) in [5, 5.41) is 10.7. The van der Waals surface area contributed by atoms with Crippen LogP contribution < -0.4 is 16.0 Å². The number of nitrogens with two attached hydrogens (primary N) is 1. The number of benzene rings is 2. The highest BCUT2D eigenvalue weighted by atomic mass is 35.5. The summed E-state index contributed by atoms with van der Waals surface area (Å²) in [6.07, 6.45) is 0.0638. The number of aryl methyl sites for hydroxylation is 2. The lowest BCUT2D eigenvalue weighted by Gasteiger charge is -2.47. The van der Waals surface area contributed by atoms with Crippen LogP contribution in [0.3, 0.4) is 0 Å². The van der Waals surface area contributed by atoms with E-state index in [0.29, 0.717) is 50.1 Å². The summed E-state index contributed by atoms with van der Waals surface area (Å²) >= 11 is 5.61. The van der Waals surface area contributed by atoms with E-state index in [4.69, 9.17) is 26.9 Å². The summed E-state index contributed by atoms with van der Waals surface area (Å²) in [6, 6.07) is 10.9. The Morgan fingerprint density at radius 1 is 1.26 bits per heavy atom. The van der Waals surface area contributed by atoms with Crippen molar-refractivity contribution in [2.24, 2.45) is 17.7 Å². The fourth-order valence-electron chi connectivity index (χ4n) is 3.98. The van der Waals surface area contributed by atoms with Crippen LogP contribution in [-0.4, -0.2) is 44.2 Å². The summed E-state index contributed by atoms with van der Waals surface area (Å²) in [6.45, 7) is 9.75. The van der Waals surface area contributed by atoms with Crippen LogP contribution in [0.1, 0.15) is 37.0 Å². The largest absolute Gasteiger partial charge is 0.492 e. The molecule has 9 heteroatoms. The Balaban J connectivity index is 0.000000214. The van der Waals surface area contributed by atoms with Crippen LogP contribution in [0.5, 0.6) is 5.75 Å². The quantitative estimate of drug-likeness (QED) is 0.314. The second-order valence-electron chi connectivity index (χ2n) is 9.15. The Bertz CT molecular complexity index is 937. The molecule has 4 rings (SSSR count). The molecular formula is C26H36ClFN2O5. The van der Waals surface area contributed by atoms with E-state index in [9.17, 15) is 14.3 Å². The third kappa shape index (κ3) is 7.80. The molecule has 4 N–H and O–H groups in total. The summed E-state index contributed by atoms with van der Waals surface area (Å²) in [7, 11) is 0. The summed E-state index contributed by atoms with van der Waals surface area (Å²) in [5.41, 5.74) is 4.03. The lowest BCUT2D eigenvalue weighted by Crippen LogP contribution is -2.51. The third-order valence-electron chi connectivity index (χ3n) is 5.98. The molecule has 0 saturated carbocycles. The first-order valence-electron chi connectivity index (χ1n) is 11.6. The number of nitrogens with one attached hydrogen (secondary N) is 1. The lowest BCUT2D eigenvalue weighted by atomic mass is 9.66. The minimum atomic E-state index is -0.580. The zero-order valence-electron chi connectivity index (χ0n) is 20.8. The van der Waals surface area contributed by atoms with Gasteiger partial charge < -0.3 is 19.3 Å². The standard InChI is InChI=1S/C14H17FO3.C7H7Cl.C5H12N2O2/c1-9-2-3-11(15)12-13(9)18-7-10-6-17-5-4-14(10,12)8-16;1-6-2-4-7(8)5-3-6;1-4(2)3-9-5(8)7-6/h2-3,10,16H,4-8H2,1H3;2-5H,1H3;4H,3,6H2,1-2H3,(H,7,8). The molecule has 1 fully saturated rings. The van der Waals surface area contributed by atoms with Crippen molar-refractivity contribution < 1.29 is 28.5 Å². The van der Waals surface area contributed by atoms with E-state index in [1.165, 1.54) is 11.6 Å². The molecule has 1 saturated heterocycles.